The lowest BCUT2D eigenvalue weighted by Gasteiger charge is -2.28. The first-order valence-electron chi connectivity index (χ1n) is 11.4. The van der Waals surface area contributed by atoms with Gasteiger partial charge in [-0.25, -0.2) is 0 Å². The van der Waals surface area contributed by atoms with Gasteiger partial charge >= 0.3 is 6.01 Å². The quantitative estimate of drug-likeness (QED) is 0.534. The number of morpholine rings is 2. The number of thiocarbonyl (C=S) groups is 1. The van der Waals surface area contributed by atoms with E-state index in [4.69, 9.17) is 31.4 Å². The Kier molecular flexibility index (Phi) is 8.39. The van der Waals surface area contributed by atoms with E-state index in [1.54, 1.807) is 0 Å². The number of anilines is 1. The van der Waals surface area contributed by atoms with Crippen LogP contribution in [-0.4, -0.2) is 85.5 Å². The maximum absolute atomic E-state index is 5.99. The zero-order valence-corrected chi connectivity index (χ0v) is 19.6. The Morgan fingerprint density at radius 2 is 1.66 bits per heavy atom. The topological polar surface area (TPSA) is 60.0 Å². The van der Waals surface area contributed by atoms with Crippen LogP contribution in [0.15, 0.2) is 30.3 Å². The molecule has 0 atom stereocenters. The molecule has 0 bridgehead atoms. The highest BCUT2D eigenvalue weighted by Gasteiger charge is 2.17. The molecule has 0 N–H and O–H groups in total. The van der Waals surface area contributed by atoms with Crippen LogP contribution in [0.25, 0.3) is 0 Å². The van der Waals surface area contributed by atoms with Gasteiger partial charge in [0.1, 0.15) is 12.4 Å². The Labute approximate surface area is 195 Å². The lowest BCUT2D eigenvalue weighted by atomic mass is 10.1. The largest absolute Gasteiger partial charge is 0.462 e. The molecular weight excluding hydrogens is 424 g/mol. The summed E-state index contributed by atoms with van der Waals surface area (Å²) in [5, 5.41) is 0. The standard InChI is InChI=1S/C24H32N4O3S/c1-19-2-4-20(5-3-19)16-22(32)17-21-18-23(28-9-13-30-14-10-28)26-24(25-21)31-15-8-27-6-11-29-12-7-27/h2-5,18H,6-17H2,1H3. The molecule has 3 heterocycles. The fourth-order valence-electron chi connectivity index (χ4n) is 3.86. The highest BCUT2D eigenvalue weighted by Crippen LogP contribution is 2.19. The molecular formula is C24H32N4O3S. The maximum Gasteiger partial charge on any atom is 0.318 e. The van der Waals surface area contributed by atoms with E-state index in [1.807, 2.05) is 6.07 Å². The molecule has 0 aliphatic carbocycles. The molecule has 2 aliphatic heterocycles. The summed E-state index contributed by atoms with van der Waals surface area (Å²) in [6.07, 6.45) is 1.39. The van der Waals surface area contributed by atoms with Gasteiger partial charge in [-0.15, -0.1) is 0 Å². The molecule has 4 rings (SSSR count). The molecule has 0 amide bonds. The summed E-state index contributed by atoms with van der Waals surface area (Å²) in [6, 6.07) is 11.0. The molecule has 0 spiro atoms. The van der Waals surface area contributed by atoms with Crippen LogP contribution in [0.3, 0.4) is 0 Å². The van der Waals surface area contributed by atoms with Crippen LogP contribution in [0, 0.1) is 6.92 Å². The zero-order chi connectivity index (χ0) is 22.2. The van der Waals surface area contributed by atoms with E-state index in [1.165, 1.54) is 11.1 Å². The van der Waals surface area contributed by atoms with Crippen LogP contribution in [0.4, 0.5) is 5.82 Å². The number of nitrogens with zero attached hydrogens (tertiary/aromatic N) is 4. The summed E-state index contributed by atoms with van der Waals surface area (Å²) in [5.74, 6) is 0.887. The van der Waals surface area contributed by atoms with Crippen LogP contribution < -0.4 is 9.64 Å². The fourth-order valence-corrected chi connectivity index (χ4v) is 4.17. The number of aryl methyl sites for hydroxylation is 1. The third-order valence-corrected chi connectivity index (χ3v) is 6.01. The fraction of sp³-hybridized carbons (Fsp3) is 0.542. The Morgan fingerprint density at radius 1 is 0.969 bits per heavy atom. The summed E-state index contributed by atoms with van der Waals surface area (Å²) in [4.78, 5) is 14.9. The van der Waals surface area contributed by atoms with Crippen LogP contribution in [-0.2, 0) is 22.3 Å². The van der Waals surface area contributed by atoms with E-state index in [-0.39, 0.29) is 0 Å². The van der Waals surface area contributed by atoms with Crippen molar-refractivity contribution in [1.29, 1.82) is 0 Å². The molecule has 32 heavy (non-hydrogen) atoms. The van der Waals surface area contributed by atoms with E-state index < -0.39 is 0 Å². The van der Waals surface area contributed by atoms with Gasteiger partial charge in [0, 0.05) is 56.5 Å². The van der Waals surface area contributed by atoms with E-state index >= 15 is 0 Å². The van der Waals surface area contributed by atoms with Crippen molar-refractivity contribution in [1.82, 2.24) is 14.9 Å². The number of rotatable bonds is 9. The van der Waals surface area contributed by atoms with Crippen molar-refractivity contribution in [2.45, 2.75) is 19.8 Å². The van der Waals surface area contributed by atoms with Crippen molar-refractivity contribution < 1.29 is 14.2 Å². The van der Waals surface area contributed by atoms with Gasteiger partial charge in [-0.05, 0) is 12.5 Å². The highest BCUT2D eigenvalue weighted by molar-refractivity contribution is 7.80. The SMILES string of the molecule is Cc1ccc(CC(=S)Cc2cc(N3CCOCC3)nc(OCCN3CCOCC3)n2)cc1. The van der Waals surface area contributed by atoms with Gasteiger partial charge in [-0.3, -0.25) is 4.90 Å². The van der Waals surface area contributed by atoms with Gasteiger partial charge in [0.25, 0.3) is 0 Å². The van der Waals surface area contributed by atoms with Crippen molar-refractivity contribution in [3.8, 4) is 6.01 Å². The van der Waals surface area contributed by atoms with E-state index in [9.17, 15) is 0 Å². The van der Waals surface area contributed by atoms with Crippen LogP contribution in [0.1, 0.15) is 16.8 Å². The number of ether oxygens (including phenoxy) is 3. The normalized spacial score (nSPS) is 17.3. The summed E-state index contributed by atoms with van der Waals surface area (Å²) in [6.45, 7) is 9.99. The van der Waals surface area contributed by atoms with Gasteiger partial charge in [0.2, 0.25) is 0 Å². The van der Waals surface area contributed by atoms with Crippen LogP contribution >= 0.6 is 12.2 Å². The molecule has 7 nitrogen and oxygen atoms in total. The van der Waals surface area contributed by atoms with Gasteiger partial charge in [0.15, 0.2) is 0 Å². The second-order valence-electron chi connectivity index (χ2n) is 8.28. The maximum atomic E-state index is 5.99. The summed E-state index contributed by atoms with van der Waals surface area (Å²) in [7, 11) is 0. The number of benzene rings is 1. The molecule has 0 radical (unpaired) electrons. The van der Waals surface area contributed by atoms with Gasteiger partial charge in [0.05, 0.1) is 32.1 Å². The Hall–Kier alpha value is -2.13. The first kappa shape index (κ1) is 23.0. The smallest absolute Gasteiger partial charge is 0.318 e. The molecule has 2 fully saturated rings. The average molecular weight is 457 g/mol. The van der Waals surface area contributed by atoms with Crippen molar-refractivity contribution >= 4 is 22.9 Å². The predicted octanol–water partition coefficient (Wildman–Crippen LogP) is 2.49. The van der Waals surface area contributed by atoms with Gasteiger partial charge in [-0.2, -0.15) is 9.97 Å². The molecule has 0 unspecified atom stereocenters. The minimum atomic E-state index is 0.426. The summed E-state index contributed by atoms with van der Waals surface area (Å²) < 4.78 is 16.9. The second-order valence-corrected chi connectivity index (χ2v) is 8.86. The lowest BCUT2D eigenvalue weighted by molar-refractivity contribution is 0.0317. The van der Waals surface area contributed by atoms with E-state index in [0.29, 0.717) is 32.3 Å². The third-order valence-electron chi connectivity index (χ3n) is 5.72. The first-order chi connectivity index (χ1) is 15.7. The van der Waals surface area contributed by atoms with Crippen molar-refractivity contribution in [3.63, 3.8) is 0 Å². The molecule has 1 aromatic heterocycles. The Bertz CT molecular complexity index is 881. The highest BCUT2D eigenvalue weighted by atomic mass is 32.1. The molecule has 0 saturated carbocycles. The monoisotopic (exact) mass is 456 g/mol. The van der Waals surface area contributed by atoms with Crippen molar-refractivity contribution in [2.24, 2.45) is 0 Å². The molecule has 8 heteroatoms. The van der Waals surface area contributed by atoms with Crippen LogP contribution in [0.5, 0.6) is 6.01 Å². The zero-order valence-electron chi connectivity index (χ0n) is 18.8. The molecule has 172 valence electrons. The number of aromatic nitrogens is 2. The molecule has 2 saturated heterocycles. The van der Waals surface area contributed by atoms with Crippen molar-refractivity contribution in [2.75, 3.05) is 70.7 Å². The van der Waals surface area contributed by atoms with Crippen LogP contribution in [0.2, 0.25) is 0 Å². The first-order valence-corrected chi connectivity index (χ1v) is 11.8. The van der Waals surface area contributed by atoms with Gasteiger partial charge < -0.3 is 19.1 Å². The Balaban J connectivity index is 1.42. The van der Waals surface area contributed by atoms with E-state index in [2.05, 4.69) is 46.0 Å². The predicted molar refractivity (Wildman–Crippen MR) is 129 cm³/mol. The average Bonchev–Trinajstić information content (AvgIpc) is 2.82. The minimum absolute atomic E-state index is 0.426. The van der Waals surface area contributed by atoms with E-state index in [0.717, 1.165) is 68.7 Å². The molecule has 2 aliphatic rings. The number of hydrogen-bond donors (Lipinski definition) is 0. The second kappa shape index (κ2) is 11.7. The number of hydrogen-bond acceptors (Lipinski definition) is 8. The summed E-state index contributed by atoms with van der Waals surface area (Å²) in [5.41, 5.74) is 3.38. The molecule has 2 aromatic rings. The minimum Gasteiger partial charge on any atom is -0.462 e. The van der Waals surface area contributed by atoms with Gasteiger partial charge in [-0.1, -0.05) is 42.0 Å². The summed E-state index contributed by atoms with van der Waals surface area (Å²) >= 11 is 5.71. The lowest BCUT2D eigenvalue weighted by Crippen LogP contribution is -2.39. The van der Waals surface area contributed by atoms with Crippen molar-refractivity contribution in [3.05, 3.63) is 47.2 Å². The molecule has 1 aromatic carbocycles. The third kappa shape index (κ3) is 6.93. The Morgan fingerprint density at radius 3 is 2.38 bits per heavy atom.